The summed E-state index contributed by atoms with van der Waals surface area (Å²) in [5.41, 5.74) is 8.60. The normalized spacial score (nSPS) is 14.6. The van der Waals surface area contributed by atoms with Gasteiger partial charge in [0.25, 0.3) is 0 Å². The van der Waals surface area contributed by atoms with Gasteiger partial charge in [-0.25, -0.2) is 4.98 Å². The molecule has 0 aliphatic carbocycles. The number of benzene rings is 2. The highest BCUT2D eigenvalue weighted by Gasteiger charge is 2.30. The first-order valence-electron chi connectivity index (χ1n) is 10.5. The third kappa shape index (κ3) is 3.20. The van der Waals surface area contributed by atoms with Crippen LogP contribution in [0.1, 0.15) is 12.5 Å². The number of rotatable bonds is 5. The molecule has 2 N–H and O–H groups in total. The largest absolute Gasteiger partial charge is 0.496 e. The van der Waals surface area contributed by atoms with Gasteiger partial charge in [-0.2, -0.15) is 4.98 Å². The number of methoxy groups -OCH3 is 3. The molecule has 1 atom stereocenters. The lowest BCUT2D eigenvalue weighted by Crippen LogP contribution is -2.13. The van der Waals surface area contributed by atoms with Crippen LogP contribution >= 0.6 is 0 Å². The summed E-state index contributed by atoms with van der Waals surface area (Å²) in [6.45, 7) is 5.94. The molecular weight excluding hydrogens is 438 g/mol. The molecule has 9 heteroatoms. The van der Waals surface area contributed by atoms with Gasteiger partial charge in [0.15, 0.2) is 11.5 Å². The summed E-state index contributed by atoms with van der Waals surface area (Å²) < 4.78 is 28.6. The fourth-order valence-corrected chi connectivity index (χ4v) is 4.34. The maximum absolute atomic E-state index is 12.9. The van der Waals surface area contributed by atoms with Crippen LogP contribution in [-0.2, 0) is 6.42 Å². The first kappa shape index (κ1) is 21.6. The van der Waals surface area contributed by atoms with Crippen molar-refractivity contribution in [2.24, 2.45) is 0 Å². The fraction of sp³-hybridized carbons (Fsp3) is 0.240. The minimum Gasteiger partial charge on any atom is -0.496 e. The highest BCUT2D eigenvalue weighted by molar-refractivity contribution is 6.12. The van der Waals surface area contributed by atoms with Crippen LogP contribution in [0.5, 0.6) is 23.0 Å². The number of ether oxygens (including phenoxy) is 4. The van der Waals surface area contributed by atoms with Crippen molar-refractivity contribution in [3.05, 3.63) is 52.3 Å². The molecular formula is C25H23N3O6. The third-order valence-corrected chi connectivity index (χ3v) is 5.95. The van der Waals surface area contributed by atoms with E-state index in [0.717, 1.165) is 11.1 Å². The van der Waals surface area contributed by atoms with Crippen LogP contribution in [0.4, 0.5) is 5.95 Å². The molecule has 1 aliphatic rings. The lowest BCUT2D eigenvalue weighted by Gasteiger charge is -2.12. The van der Waals surface area contributed by atoms with Crippen molar-refractivity contribution in [2.75, 3.05) is 27.1 Å². The molecule has 0 bridgehead atoms. The van der Waals surface area contributed by atoms with Crippen molar-refractivity contribution < 1.29 is 23.4 Å². The quantitative estimate of drug-likeness (QED) is 0.441. The van der Waals surface area contributed by atoms with E-state index < -0.39 is 5.56 Å². The van der Waals surface area contributed by atoms with Gasteiger partial charge in [0.1, 0.15) is 23.2 Å². The van der Waals surface area contributed by atoms with E-state index in [1.165, 1.54) is 14.2 Å². The molecule has 2 aromatic carbocycles. The minimum absolute atomic E-state index is 0.0168. The van der Waals surface area contributed by atoms with Gasteiger partial charge < -0.3 is 29.1 Å². The molecule has 5 rings (SSSR count). The summed E-state index contributed by atoms with van der Waals surface area (Å²) in [4.78, 5) is 21.2. The van der Waals surface area contributed by atoms with Crippen LogP contribution in [0.25, 0.3) is 33.2 Å². The number of aromatic nitrogens is 2. The summed E-state index contributed by atoms with van der Waals surface area (Å²) in [6.07, 6.45) is 0.451. The molecule has 0 saturated heterocycles. The van der Waals surface area contributed by atoms with Crippen molar-refractivity contribution in [1.82, 2.24) is 9.97 Å². The van der Waals surface area contributed by atoms with E-state index in [4.69, 9.17) is 29.1 Å². The van der Waals surface area contributed by atoms with E-state index in [2.05, 4.69) is 16.5 Å². The van der Waals surface area contributed by atoms with Crippen molar-refractivity contribution in [2.45, 2.75) is 19.4 Å². The van der Waals surface area contributed by atoms with E-state index in [1.54, 1.807) is 19.2 Å². The van der Waals surface area contributed by atoms with Crippen LogP contribution in [0.2, 0.25) is 0 Å². The van der Waals surface area contributed by atoms with Gasteiger partial charge in [0, 0.05) is 29.0 Å². The monoisotopic (exact) mass is 461 g/mol. The predicted molar refractivity (Wildman–Crippen MR) is 128 cm³/mol. The van der Waals surface area contributed by atoms with Crippen LogP contribution in [0.15, 0.2) is 45.6 Å². The maximum Gasteiger partial charge on any atom is 0.316 e. The Hall–Kier alpha value is -4.27. The fourth-order valence-electron chi connectivity index (χ4n) is 4.34. The summed E-state index contributed by atoms with van der Waals surface area (Å²) >= 11 is 0. The first-order chi connectivity index (χ1) is 16.4. The summed E-state index contributed by atoms with van der Waals surface area (Å²) in [5, 5.41) is 1.04. The predicted octanol–water partition coefficient (Wildman–Crippen LogP) is 3.89. The standard InChI is InChI=1S/C25H23N3O6/c1-11(2)16-9-14-15(33-16)7-6-12(22(14)32-5)21-20-13-8-18(30-3)19(31-4)10-17(13)34-23(20)24(29)28-25(26)27-21/h6-8,10,16H,1,9H2,2-5H3,(H2,26,28,29)/t16-/m1/s1. The Labute approximate surface area is 194 Å². The highest BCUT2D eigenvalue weighted by Crippen LogP contribution is 2.46. The first-order valence-corrected chi connectivity index (χ1v) is 10.5. The number of anilines is 1. The molecule has 0 unspecified atom stereocenters. The molecule has 34 heavy (non-hydrogen) atoms. The highest BCUT2D eigenvalue weighted by atomic mass is 16.5. The summed E-state index contributed by atoms with van der Waals surface area (Å²) in [7, 11) is 4.64. The molecule has 0 spiro atoms. The number of nitrogens with two attached hydrogens (primary N) is 1. The van der Waals surface area contributed by atoms with Gasteiger partial charge in [-0.3, -0.25) is 4.79 Å². The second-order valence-electron chi connectivity index (χ2n) is 8.03. The number of hydrogen-bond acceptors (Lipinski definition) is 9. The zero-order valence-corrected chi connectivity index (χ0v) is 19.2. The average molecular weight is 461 g/mol. The number of nitrogen functional groups attached to an aromatic ring is 1. The number of fused-ring (bicyclic) bond motifs is 4. The Kier molecular flexibility index (Phi) is 5.04. The van der Waals surface area contributed by atoms with Crippen LogP contribution < -0.4 is 30.2 Å². The van der Waals surface area contributed by atoms with Crippen molar-refractivity contribution in [3.8, 4) is 34.3 Å². The number of furan rings is 1. The van der Waals surface area contributed by atoms with E-state index in [0.29, 0.717) is 57.0 Å². The SMILES string of the molecule is C=C(C)[C@H]1Cc2c(ccc(-c3nc(N)nc(=O)c4oc5cc(OC)c(OC)cc5c34)c2OC)O1. The Morgan fingerprint density at radius 1 is 1.12 bits per heavy atom. The Bertz CT molecular complexity index is 1540. The lowest BCUT2D eigenvalue weighted by atomic mass is 9.98. The molecule has 0 fully saturated rings. The number of hydrogen-bond donors (Lipinski definition) is 1. The summed E-state index contributed by atoms with van der Waals surface area (Å²) in [5.74, 6) is 2.04. The number of nitrogens with zero attached hydrogens (tertiary/aromatic N) is 2. The van der Waals surface area contributed by atoms with Crippen LogP contribution in [0.3, 0.4) is 0 Å². The Morgan fingerprint density at radius 2 is 1.85 bits per heavy atom. The van der Waals surface area contributed by atoms with E-state index in [9.17, 15) is 4.79 Å². The van der Waals surface area contributed by atoms with Crippen molar-refractivity contribution in [3.63, 3.8) is 0 Å². The average Bonchev–Trinajstić information content (AvgIpc) is 3.39. The van der Waals surface area contributed by atoms with Gasteiger partial charge in [-0.1, -0.05) is 6.58 Å². The van der Waals surface area contributed by atoms with E-state index in [1.807, 2.05) is 19.1 Å². The van der Waals surface area contributed by atoms with E-state index in [-0.39, 0.29) is 17.6 Å². The van der Waals surface area contributed by atoms with Gasteiger partial charge >= 0.3 is 5.56 Å². The molecule has 9 nitrogen and oxygen atoms in total. The Morgan fingerprint density at radius 3 is 2.53 bits per heavy atom. The van der Waals surface area contributed by atoms with Crippen molar-refractivity contribution in [1.29, 1.82) is 0 Å². The molecule has 0 amide bonds. The van der Waals surface area contributed by atoms with Gasteiger partial charge in [0.05, 0.1) is 32.4 Å². The van der Waals surface area contributed by atoms with Crippen LogP contribution in [0, 0.1) is 0 Å². The van der Waals surface area contributed by atoms with Gasteiger partial charge in [-0.15, -0.1) is 0 Å². The second-order valence-corrected chi connectivity index (χ2v) is 8.03. The molecule has 2 aromatic heterocycles. The molecule has 0 saturated carbocycles. The van der Waals surface area contributed by atoms with Gasteiger partial charge in [-0.05, 0) is 30.7 Å². The summed E-state index contributed by atoms with van der Waals surface area (Å²) in [6, 6.07) is 7.07. The molecule has 0 radical (unpaired) electrons. The third-order valence-electron chi connectivity index (χ3n) is 5.95. The lowest BCUT2D eigenvalue weighted by molar-refractivity contribution is 0.271. The van der Waals surface area contributed by atoms with Crippen molar-refractivity contribution >= 4 is 27.9 Å². The smallest absolute Gasteiger partial charge is 0.316 e. The molecule has 174 valence electrons. The molecule has 3 heterocycles. The maximum atomic E-state index is 12.9. The topological polar surface area (TPSA) is 119 Å². The Balaban J connectivity index is 1.88. The van der Waals surface area contributed by atoms with Gasteiger partial charge in [0.2, 0.25) is 11.5 Å². The van der Waals surface area contributed by atoms with Crippen LogP contribution in [-0.4, -0.2) is 37.4 Å². The molecule has 4 aromatic rings. The minimum atomic E-state index is -0.633. The molecule has 1 aliphatic heterocycles. The zero-order valence-electron chi connectivity index (χ0n) is 19.2. The zero-order chi connectivity index (χ0) is 24.1. The van der Waals surface area contributed by atoms with E-state index >= 15 is 0 Å². The second kappa shape index (κ2) is 7.95.